The molecule has 3 aromatic rings. The first kappa shape index (κ1) is 23.1. The summed E-state index contributed by atoms with van der Waals surface area (Å²) in [6.07, 6.45) is -3.46. The number of hydrogen-bond donors (Lipinski definition) is 2. The highest BCUT2D eigenvalue weighted by Crippen LogP contribution is 2.37. The van der Waals surface area contributed by atoms with Gasteiger partial charge in [-0.2, -0.15) is 18.3 Å². The fraction of sp³-hybridized carbons (Fsp3) is 0.0526. The number of aromatic nitrogens is 2. The maximum Gasteiger partial charge on any atom is 0.433 e. The van der Waals surface area contributed by atoms with E-state index in [2.05, 4.69) is 32.7 Å². The molecule has 0 bridgehead atoms. The Morgan fingerprint density at radius 3 is 2.53 bits per heavy atom. The van der Waals surface area contributed by atoms with Gasteiger partial charge in [0.25, 0.3) is 5.69 Å². The van der Waals surface area contributed by atoms with E-state index in [1.165, 1.54) is 24.4 Å². The molecular formula is C19H13F3N6O2S2. The van der Waals surface area contributed by atoms with Crippen molar-refractivity contribution in [2.24, 2.45) is 10.8 Å². The molecule has 0 saturated heterocycles. The van der Waals surface area contributed by atoms with E-state index in [0.29, 0.717) is 22.9 Å². The number of rotatable bonds is 6. The molecule has 0 aliphatic heterocycles. The Morgan fingerprint density at radius 1 is 1.19 bits per heavy atom. The Morgan fingerprint density at radius 2 is 1.91 bits per heavy atom. The second kappa shape index (κ2) is 9.70. The van der Waals surface area contributed by atoms with Crippen molar-refractivity contribution in [3.63, 3.8) is 0 Å². The number of nitrogens with two attached hydrogens (primary N) is 1. The van der Waals surface area contributed by atoms with Crippen molar-refractivity contribution < 1.29 is 18.1 Å². The van der Waals surface area contributed by atoms with Gasteiger partial charge in [-0.15, -0.1) is 0 Å². The number of benzene rings is 2. The van der Waals surface area contributed by atoms with Crippen molar-refractivity contribution in [1.82, 2.24) is 15.4 Å². The molecule has 0 atom stereocenters. The van der Waals surface area contributed by atoms with E-state index in [1.54, 1.807) is 30.3 Å². The van der Waals surface area contributed by atoms with Crippen LogP contribution in [0.25, 0.3) is 11.3 Å². The van der Waals surface area contributed by atoms with Crippen LogP contribution in [-0.4, -0.2) is 26.2 Å². The molecule has 8 nitrogen and oxygen atoms in total. The highest BCUT2D eigenvalue weighted by Gasteiger charge is 2.34. The third kappa shape index (κ3) is 5.98. The van der Waals surface area contributed by atoms with Crippen molar-refractivity contribution in [2.45, 2.75) is 16.2 Å². The lowest BCUT2D eigenvalue weighted by molar-refractivity contribution is -0.387. The van der Waals surface area contributed by atoms with Gasteiger partial charge in [-0.3, -0.25) is 15.5 Å². The number of nitro benzene ring substituents is 1. The molecule has 3 rings (SSSR count). The second-order valence-electron chi connectivity index (χ2n) is 6.11. The SMILES string of the molecule is NC(=S)N/N=C/c1ccc(Sc2nc(-c3ccccc3)cc(C(F)(F)F)n2)c([N+](=O)[O-])c1. The Kier molecular flexibility index (Phi) is 7.00. The molecule has 0 fully saturated rings. The van der Waals surface area contributed by atoms with E-state index >= 15 is 0 Å². The van der Waals surface area contributed by atoms with Crippen molar-refractivity contribution in [3.8, 4) is 11.3 Å². The molecule has 0 saturated carbocycles. The fourth-order valence-corrected chi connectivity index (χ4v) is 3.40. The summed E-state index contributed by atoms with van der Waals surface area (Å²) < 4.78 is 40.2. The van der Waals surface area contributed by atoms with Gasteiger partial charge in [-0.05, 0) is 36.1 Å². The zero-order chi connectivity index (χ0) is 23.3. The molecule has 3 N–H and O–H groups in total. The van der Waals surface area contributed by atoms with Gasteiger partial charge in [-0.1, -0.05) is 36.4 Å². The highest BCUT2D eigenvalue weighted by molar-refractivity contribution is 7.99. The van der Waals surface area contributed by atoms with Crippen molar-refractivity contribution in [2.75, 3.05) is 0 Å². The molecule has 13 heteroatoms. The lowest BCUT2D eigenvalue weighted by Crippen LogP contribution is -2.23. The first-order valence-electron chi connectivity index (χ1n) is 8.70. The molecule has 0 aliphatic carbocycles. The molecule has 164 valence electrons. The third-order valence-electron chi connectivity index (χ3n) is 3.83. The Labute approximate surface area is 188 Å². The zero-order valence-corrected chi connectivity index (χ0v) is 17.5. The first-order chi connectivity index (χ1) is 15.1. The number of nitrogens with zero attached hydrogens (tertiary/aromatic N) is 4. The van der Waals surface area contributed by atoms with Gasteiger partial charge < -0.3 is 5.73 Å². The first-order valence-corrected chi connectivity index (χ1v) is 9.92. The van der Waals surface area contributed by atoms with Gasteiger partial charge in [0.2, 0.25) is 0 Å². The Bertz CT molecular complexity index is 1190. The van der Waals surface area contributed by atoms with E-state index in [4.69, 9.17) is 5.73 Å². The van der Waals surface area contributed by atoms with Gasteiger partial charge in [0, 0.05) is 17.2 Å². The van der Waals surface area contributed by atoms with Crippen molar-refractivity contribution in [1.29, 1.82) is 0 Å². The molecule has 0 spiro atoms. The molecule has 32 heavy (non-hydrogen) atoms. The van der Waals surface area contributed by atoms with Gasteiger partial charge in [0.05, 0.1) is 21.7 Å². The van der Waals surface area contributed by atoms with Crippen LogP contribution in [0.2, 0.25) is 0 Å². The van der Waals surface area contributed by atoms with E-state index in [1.807, 2.05) is 0 Å². The van der Waals surface area contributed by atoms with Crippen LogP contribution in [0, 0.1) is 10.1 Å². The summed E-state index contributed by atoms with van der Waals surface area (Å²) in [6.45, 7) is 0. The summed E-state index contributed by atoms with van der Waals surface area (Å²) >= 11 is 5.26. The van der Waals surface area contributed by atoms with Gasteiger partial charge in [-0.25, -0.2) is 9.97 Å². The lowest BCUT2D eigenvalue weighted by atomic mass is 10.1. The standard InChI is InChI=1S/C19H13F3N6O2S2/c20-19(21,22)16-9-13(12-4-2-1-3-5-12)25-18(26-16)32-15-7-6-11(8-14(15)28(29)30)10-24-27-17(23)31/h1-10H,(H3,23,27,31)/b24-10+. The van der Waals surface area contributed by atoms with Crippen LogP contribution in [0.4, 0.5) is 18.9 Å². The van der Waals surface area contributed by atoms with Crippen LogP contribution in [0.3, 0.4) is 0 Å². The number of halogens is 3. The summed E-state index contributed by atoms with van der Waals surface area (Å²) in [5.74, 6) is 0. The van der Waals surface area contributed by atoms with Crippen LogP contribution < -0.4 is 11.2 Å². The number of alkyl halides is 3. The largest absolute Gasteiger partial charge is 0.433 e. The summed E-state index contributed by atoms with van der Waals surface area (Å²) in [5.41, 5.74) is 6.91. The second-order valence-corrected chi connectivity index (χ2v) is 7.55. The van der Waals surface area contributed by atoms with E-state index in [-0.39, 0.29) is 26.5 Å². The minimum atomic E-state index is -4.72. The maximum atomic E-state index is 13.4. The number of nitro groups is 1. The molecular weight excluding hydrogens is 465 g/mol. The normalized spacial score (nSPS) is 11.5. The molecule has 0 unspecified atom stereocenters. The van der Waals surface area contributed by atoms with Crippen molar-refractivity contribution >= 4 is 41.0 Å². The monoisotopic (exact) mass is 478 g/mol. The van der Waals surface area contributed by atoms with E-state index in [9.17, 15) is 23.3 Å². The smallest absolute Gasteiger partial charge is 0.375 e. The van der Waals surface area contributed by atoms with Gasteiger partial charge in [0.1, 0.15) is 5.69 Å². The Hall–Kier alpha value is -3.58. The van der Waals surface area contributed by atoms with Crippen LogP contribution in [0.1, 0.15) is 11.3 Å². The van der Waals surface area contributed by atoms with Crippen LogP contribution in [0.15, 0.2) is 69.8 Å². The molecule has 0 amide bonds. The van der Waals surface area contributed by atoms with Crippen molar-refractivity contribution in [3.05, 3.63) is 76.0 Å². The van der Waals surface area contributed by atoms with E-state index < -0.39 is 16.8 Å². The van der Waals surface area contributed by atoms with Crippen LogP contribution in [0.5, 0.6) is 0 Å². The fourth-order valence-electron chi connectivity index (χ4n) is 2.49. The predicted octanol–water partition coefficient (Wildman–Crippen LogP) is 4.39. The predicted molar refractivity (Wildman–Crippen MR) is 117 cm³/mol. The van der Waals surface area contributed by atoms with Gasteiger partial charge in [0.15, 0.2) is 10.3 Å². The summed E-state index contributed by atoms with van der Waals surface area (Å²) in [7, 11) is 0. The van der Waals surface area contributed by atoms with Gasteiger partial charge >= 0.3 is 6.18 Å². The molecule has 1 aromatic heterocycles. The average Bonchev–Trinajstić information content (AvgIpc) is 2.74. The summed E-state index contributed by atoms with van der Waals surface area (Å²) in [4.78, 5) is 18.7. The third-order valence-corrected chi connectivity index (χ3v) is 4.86. The summed E-state index contributed by atoms with van der Waals surface area (Å²) in [5, 5.41) is 14.9. The maximum absolute atomic E-state index is 13.4. The molecule has 0 radical (unpaired) electrons. The number of hydrogen-bond acceptors (Lipinski definition) is 7. The van der Waals surface area contributed by atoms with Crippen LogP contribution >= 0.6 is 24.0 Å². The Balaban J connectivity index is 2.01. The number of hydrazone groups is 1. The molecule has 0 aliphatic rings. The minimum Gasteiger partial charge on any atom is -0.375 e. The lowest BCUT2D eigenvalue weighted by Gasteiger charge is -2.11. The van der Waals surface area contributed by atoms with E-state index in [0.717, 1.165) is 6.07 Å². The molecule has 1 heterocycles. The molecule has 2 aromatic carbocycles. The summed E-state index contributed by atoms with van der Waals surface area (Å²) in [6, 6.07) is 13.2. The quantitative estimate of drug-likeness (QED) is 0.176. The van der Waals surface area contributed by atoms with Crippen LogP contribution in [-0.2, 0) is 6.18 Å². The number of thiocarbonyl (C=S) groups is 1. The number of nitrogens with one attached hydrogen (secondary N) is 1. The average molecular weight is 478 g/mol. The zero-order valence-electron chi connectivity index (χ0n) is 15.9. The highest BCUT2D eigenvalue weighted by atomic mass is 32.2. The minimum absolute atomic E-state index is 0.0469. The topological polar surface area (TPSA) is 119 Å².